The first-order chi connectivity index (χ1) is 13.8. The summed E-state index contributed by atoms with van der Waals surface area (Å²) < 4.78 is 47.7. The molecule has 0 unspecified atom stereocenters. The molecule has 2 aliphatic heterocycles. The van der Waals surface area contributed by atoms with Crippen molar-refractivity contribution in [3.8, 4) is 0 Å². The van der Waals surface area contributed by atoms with Crippen molar-refractivity contribution in [3.63, 3.8) is 0 Å². The average Bonchev–Trinajstić information content (AvgIpc) is 3.13. The number of ether oxygens (including phenoxy) is 1. The molecule has 0 N–H and O–H groups in total. The summed E-state index contributed by atoms with van der Waals surface area (Å²) in [4.78, 5) is 14.5. The Morgan fingerprint density at radius 3 is 2.34 bits per heavy atom. The SMILES string of the molecule is Cc1ccc(S(=O)(=O)N2CCOC23CCN(C(=O)c2ccccc2F)CC3)cc1. The standard InChI is InChI=1S/C21H23FN2O4S/c1-16-6-8-17(9-7-16)29(26,27)24-14-15-28-21(24)10-12-23(13-11-21)20(25)18-4-2-3-5-19(18)22/h2-9H,10-15H2,1H3. The minimum absolute atomic E-state index is 0.0277. The zero-order valence-corrected chi connectivity index (χ0v) is 17.0. The second kappa shape index (κ2) is 7.51. The summed E-state index contributed by atoms with van der Waals surface area (Å²) >= 11 is 0. The van der Waals surface area contributed by atoms with Crippen LogP contribution in [0.4, 0.5) is 4.39 Å². The number of rotatable bonds is 3. The predicted octanol–water partition coefficient (Wildman–Crippen LogP) is 2.79. The van der Waals surface area contributed by atoms with Crippen LogP contribution in [0.25, 0.3) is 0 Å². The fraction of sp³-hybridized carbons (Fsp3) is 0.381. The minimum atomic E-state index is -3.72. The third-order valence-electron chi connectivity index (χ3n) is 5.66. The fourth-order valence-corrected chi connectivity index (χ4v) is 5.75. The van der Waals surface area contributed by atoms with Gasteiger partial charge >= 0.3 is 0 Å². The van der Waals surface area contributed by atoms with E-state index in [4.69, 9.17) is 4.74 Å². The summed E-state index contributed by atoms with van der Waals surface area (Å²) in [7, 11) is -3.72. The third kappa shape index (κ3) is 3.56. The number of benzene rings is 2. The van der Waals surface area contributed by atoms with Gasteiger partial charge in [-0.3, -0.25) is 4.79 Å². The molecule has 0 bridgehead atoms. The van der Waals surface area contributed by atoms with Gasteiger partial charge < -0.3 is 9.64 Å². The zero-order chi connectivity index (χ0) is 20.6. The normalized spacial score (nSPS) is 19.6. The van der Waals surface area contributed by atoms with Gasteiger partial charge in [-0.1, -0.05) is 29.8 Å². The van der Waals surface area contributed by atoms with Crippen LogP contribution in [0.3, 0.4) is 0 Å². The molecule has 4 rings (SSSR count). The topological polar surface area (TPSA) is 66.9 Å². The Morgan fingerprint density at radius 1 is 1.03 bits per heavy atom. The molecule has 1 amide bonds. The summed E-state index contributed by atoms with van der Waals surface area (Å²) in [5.41, 5.74) is 0.0478. The summed E-state index contributed by atoms with van der Waals surface area (Å²) in [5, 5.41) is 0. The lowest BCUT2D eigenvalue weighted by atomic mass is 10.00. The number of halogens is 1. The lowest BCUT2D eigenvalue weighted by Gasteiger charge is -2.42. The van der Waals surface area contributed by atoms with Crippen molar-refractivity contribution in [3.05, 3.63) is 65.5 Å². The zero-order valence-electron chi connectivity index (χ0n) is 16.2. The van der Waals surface area contributed by atoms with Crippen LogP contribution in [0.2, 0.25) is 0 Å². The van der Waals surface area contributed by atoms with E-state index in [0.29, 0.717) is 32.5 Å². The Bertz CT molecular complexity index is 1020. The Hall–Kier alpha value is -2.29. The van der Waals surface area contributed by atoms with Gasteiger partial charge in [0, 0.05) is 32.5 Å². The molecule has 2 aromatic rings. The molecular formula is C21H23FN2O4S. The maximum atomic E-state index is 14.0. The molecule has 0 saturated carbocycles. The molecule has 6 nitrogen and oxygen atoms in total. The maximum absolute atomic E-state index is 14.0. The van der Waals surface area contributed by atoms with E-state index in [9.17, 15) is 17.6 Å². The number of carbonyl (C=O) groups is 1. The van der Waals surface area contributed by atoms with Crippen LogP contribution in [0.15, 0.2) is 53.4 Å². The van der Waals surface area contributed by atoms with E-state index in [-0.39, 0.29) is 22.9 Å². The van der Waals surface area contributed by atoms with Gasteiger partial charge in [0.25, 0.3) is 5.91 Å². The smallest absolute Gasteiger partial charge is 0.256 e. The monoisotopic (exact) mass is 418 g/mol. The highest BCUT2D eigenvalue weighted by Crippen LogP contribution is 2.38. The van der Waals surface area contributed by atoms with Gasteiger partial charge in [0.1, 0.15) is 11.5 Å². The second-order valence-corrected chi connectivity index (χ2v) is 9.32. The van der Waals surface area contributed by atoms with E-state index < -0.39 is 21.6 Å². The van der Waals surface area contributed by atoms with Crippen LogP contribution in [0.5, 0.6) is 0 Å². The van der Waals surface area contributed by atoms with Crippen molar-refractivity contribution in [2.24, 2.45) is 0 Å². The largest absolute Gasteiger partial charge is 0.358 e. The van der Waals surface area contributed by atoms with Crippen LogP contribution in [0, 0.1) is 12.7 Å². The second-order valence-electron chi connectivity index (χ2n) is 7.46. The highest BCUT2D eigenvalue weighted by Gasteiger charge is 2.51. The maximum Gasteiger partial charge on any atom is 0.256 e. The number of aryl methyl sites for hydroxylation is 1. The Kier molecular flexibility index (Phi) is 5.18. The summed E-state index contributed by atoms with van der Waals surface area (Å²) in [6, 6.07) is 12.6. The van der Waals surface area contributed by atoms with Crippen LogP contribution in [-0.2, 0) is 14.8 Å². The third-order valence-corrected chi connectivity index (χ3v) is 7.63. The first-order valence-corrected chi connectivity index (χ1v) is 11.0. The molecule has 8 heteroatoms. The molecule has 0 atom stereocenters. The lowest BCUT2D eigenvalue weighted by molar-refractivity contribution is -0.0857. The Balaban J connectivity index is 1.53. The van der Waals surface area contributed by atoms with Gasteiger partial charge in [-0.05, 0) is 31.2 Å². The highest BCUT2D eigenvalue weighted by molar-refractivity contribution is 7.89. The Morgan fingerprint density at radius 2 is 1.69 bits per heavy atom. The molecule has 0 aliphatic carbocycles. The number of amides is 1. The van der Waals surface area contributed by atoms with E-state index in [2.05, 4.69) is 0 Å². The molecule has 1 spiro atoms. The number of carbonyl (C=O) groups excluding carboxylic acids is 1. The summed E-state index contributed by atoms with van der Waals surface area (Å²) in [6.07, 6.45) is 0.691. The molecule has 29 heavy (non-hydrogen) atoms. The van der Waals surface area contributed by atoms with Crippen molar-refractivity contribution in [1.29, 1.82) is 0 Å². The average molecular weight is 418 g/mol. The van der Waals surface area contributed by atoms with Gasteiger partial charge in [0.2, 0.25) is 10.0 Å². The summed E-state index contributed by atoms with van der Waals surface area (Å²) in [6.45, 7) is 3.09. The van der Waals surface area contributed by atoms with E-state index in [1.165, 1.54) is 22.5 Å². The van der Waals surface area contributed by atoms with Crippen LogP contribution in [-0.4, -0.2) is 55.5 Å². The predicted molar refractivity (Wildman–Crippen MR) is 105 cm³/mol. The lowest BCUT2D eigenvalue weighted by Crippen LogP contribution is -2.55. The quantitative estimate of drug-likeness (QED) is 0.769. The van der Waals surface area contributed by atoms with Gasteiger partial charge in [0.15, 0.2) is 0 Å². The molecule has 2 heterocycles. The molecule has 2 aromatic carbocycles. The molecule has 154 valence electrons. The van der Waals surface area contributed by atoms with Crippen LogP contribution in [0.1, 0.15) is 28.8 Å². The van der Waals surface area contributed by atoms with Gasteiger partial charge in [0.05, 0.1) is 17.1 Å². The van der Waals surface area contributed by atoms with Gasteiger partial charge in [-0.2, -0.15) is 4.31 Å². The molecule has 0 radical (unpaired) electrons. The minimum Gasteiger partial charge on any atom is -0.358 e. The number of hydrogen-bond donors (Lipinski definition) is 0. The molecule has 2 saturated heterocycles. The van der Waals surface area contributed by atoms with E-state index in [0.717, 1.165) is 5.56 Å². The number of hydrogen-bond acceptors (Lipinski definition) is 4. The number of nitrogens with zero attached hydrogens (tertiary/aromatic N) is 2. The van der Waals surface area contributed by atoms with Crippen LogP contribution < -0.4 is 0 Å². The first kappa shape index (κ1) is 20.0. The molecule has 2 aliphatic rings. The molecule has 2 fully saturated rings. The van der Waals surface area contributed by atoms with E-state index in [1.807, 2.05) is 6.92 Å². The number of likely N-dealkylation sites (tertiary alicyclic amines) is 1. The molecule has 0 aromatic heterocycles. The van der Waals surface area contributed by atoms with Gasteiger partial charge in [-0.15, -0.1) is 0 Å². The summed E-state index contributed by atoms with van der Waals surface area (Å²) in [5.74, 6) is -0.942. The highest BCUT2D eigenvalue weighted by atomic mass is 32.2. The van der Waals surface area contributed by atoms with Crippen molar-refractivity contribution in [2.75, 3.05) is 26.2 Å². The van der Waals surface area contributed by atoms with E-state index >= 15 is 0 Å². The van der Waals surface area contributed by atoms with Crippen molar-refractivity contribution < 1.29 is 22.3 Å². The fourth-order valence-electron chi connectivity index (χ4n) is 4.03. The van der Waals surface area contributed by atoms with Crippen LogP contribution >= 0.6 is 0 Å². The molecular weight excluding hydrogens is 395 g/mol. The first-order valence-electron chi connectivity index (χ1n) is 9.61. The van der Waals surface area contributed by atoms with Crippen molar-refractivity contribution >= 4 is 15.9 Å². The number of piperidine rings is 1. The van der Waals surface area contributed by atoms with Crippen molar-refractivity contribution in [1.82, 2.24) is 9.21 Å². The Labute approximate surface area is 169 Å². The number of sulfonamides is 1. The van der Waals surface area contributed by atoms with Crippen molar-refractivity contribution in [2.45, 2.75) is 30.4 Å². The van der Waals surface area contributed by atoms with E-state index in [1.54, 1.807) is 35.2 Å². The van der Waals surface area contributed by atoms with Gasteiger partial charge in [-0.25, -0.2) is 12.8 Å².